The first-order chi connectivity index (χ1) is 10.0. The minimum atomic E-state index is -0.424. The fourth-order valence-electron chi connectivity index (χ4n) is 2.34. The number of azide groups is 1. The molecule has 0 aliphatic carbocycles. The van der Waals surface area contributed by atoms with Gasteiger partial charge in [-0.05, 0) is 37.4 Å². The summed E-state index contributed by atoms with van der Waals surface area (Å²) in [5, 5.41) is 3.50. The van der Waals surface area contributed by atoms with Crippen molar-refractivity contribution in [1.29, 1.82) is 0 Å². The Kier molecular flexibility index (Phi) is 4.65. The van der Waals surface area contributed by atoms with Crippen LogP contribution in [-0.2, 0) is 4.79 Å². The molecule has 0 spiro atoms. The highest BCUT2D eigenvalue weighted by Crippen LogP contribution is 2.34. The Morgan fingerprint density at radius 3 is 3.00 bits per heavy atom. The highest BCUT2D eigenvalue weighted by Gasteiger charge is 2.32. The van der Waals surface area contributed by atoms with Crippen molar-refractivity contribution in [2.45, 2.75) is 26.4 Å². The SMILES string of the molecule is CC(C)Oc1ccc(F)cc1N1CC(CN=[N+]=[N-])CC1=O. The van der Waals surface area contributed by atoms with Crippen molar-refractivity contribution in [3.8, 4) is 5.75 Å². The molecule has 1 amide bonds. The van der Waals surface area contributed by atoms with E-state index in [1.54, 1.807) is 0 Å². The molecule has 1 aliphatic rings. The molecule has 112 valence electrons. The Morgan fingerprint density at radius 1 is 1.57 bits per heavy atom. The lowest BCUT2D eigenvalue weighted by molar-refractivity contribution is -0.117. The molecule has 1 atom stereocenters. The van der Waals surface area contributed by atoms with Gasteiger partial charge in [-0.1, -0.05) is 5.11 Å². The fourth-order valence-corrected chi connectivity index (χ4v) is 2.34. The van der Waals surface area contributed by atoms with Gasteiger partial charge in [-0.2, -0.15) is 0 Å². The van der Waals surface area contributed by atoms with Crippen LogP contribution in [-0.4, -0.2) is 25.1 Å². The lowest BCUT2D eigenvalue weighted by atomic mass is 10.1. The van der Waals surface area contributed by atoms with Crippen molar-refractivity contribution in [1.82, 2.24) is 0 Å². The summed E-state index contributed by atoms with van der Waals surface area (Å²) >= 11 is 0. The monoisotopic (exact) mass is 292 g/mol. The molecule has 0 bridgehead atoms. The topological polar surface area (TPSA) is 78.3 Å². The quantitative estimate of drug-likeness (QED) is 0.474. The molecule has 0 saturated carbocycles. The molecule has 0 radical (unpaired) electrons. The Bertz CT molecular complexity index is 584. The predicted molar refractivity (Wildman–Crippen MR) is 76.6 cm³/mol. The van der Waals surface area contributed by atoms with E-state index in [0.29, 0.717) is 18.0 Å². The smallest absolute Gasteiger partial charge is 0.227 e. The van der Waals surface area contributed by atoms with Crippen molar-refractivity contribution in [2.75, 3.05) is 18.0 Å². The maximum Gasteiger partial charge on any atom is 0.227 e. The van der Waals surface area contributed by atoms with Crippen LogP contribution in [0.4, 0.5) is 10.1 Å². The van der Waals surface area contributed by atoms with E-state index in [4.69, 9.17) is 10.3 Å². The molecular formula is C14H17FN4O2. The highest BCUT2D eigenvalue weighted by molar-refractivity contribution is 5.97. The Labute approximate surface area is 122 Å². The van der Waals surface area contributed by atoms with Crippen LogP contribution in [0.2, 0.25) is 0 Å². The molecule has 1 aromatic rings. The number of anilines is 1. The zero-order chi connectivity index (χ0) is 15.4. The number of hydrogen-bond donors (Lipinski definition) is 0. The number of benzene rings is 1. The molecule has 1 saturated heterocycles. The standard InChI is InChI=1S/C14H17FN4O2/c1-9(2)21-13-4-3-11(15)6-12(13)19-8-10(5-14(19)20)7-17-18-16/h3-4,6,9-10H,5,7-8H2,1-2H3. The minimum absolute atomic E-state index is 0.0523. The van der Waals surface area contributed by atoms with E-state index in [1.807, 2.05) is 13.8 Å². The molecule has 0 N–H and O–H groups in total. The zero-order valence-electron chi connectivity index (χ0n) is 12.0. The summed E-state index contributed by atoms with van der Waals surface area (Å²) < 4.78 is 19.1. The molecule has 21 heavy (non-hydrogen) atoms. The molecular weight excluding hydrogens is 275 g/mol. The van der Waals surface area contributed by atoms with Gasteiger partial charge >= 0.3 is 0 Å². The van der Waals surface area contributed by atoms with Gasteiger partial charge in [0.1, 0.15) is 11.6 Å². The third kappa shape index (κ3) is 3.64. The normalized spacial score (nSPS) is 18.0. The predicted octanol–water partition coefficient (Wildman–Crippen LogP) is 3.28. The number of halogens is 1. The number of hydrogen-bond acceptors (Lipinski definition) is 3. The van der Waals surface area contributed by atoms with Crippen LogP contribution < -0.4 is 9.64 Å². The Balaban J connectivity index is 2.26. The van der Waals surface area contributed by atoms with E-state index >= 15 is 0 Å². The summed E-state index contributed by atoms with van der Waals surface area (Å²) in [4.78, 5) is 16.3. The van der Waals surface area contributed by atoms with Gasteiger partial charge in [0.05, 0.1) is 11.8 Å². The second-order valence-corrected chi connectivity index (χ2v) is 5.27. The average molecular weight is 292 g/mol. The molecule has 6 nitrogen and oxygen atoms in total. The van der Waals surface area contributed by atoms with Crippen molar-refractivity contribution in [3.05, 3.63) is 34.5 Å². The highest BCUT2D eigenvalue weighted by atomic mass is 19.1. The van der Waals surface area contributed by atoms with Gasteiger partial charge in [0.2, 0.25) is 5.91 Å². The second-order valence-electron chi connectivity index (χ2n) is 5.27. The number of carbonyl (C=O) groups excluding carboxylic acids is 1. The van der Waals surface area contributed by atoms with E-state index < -0.39 is 5.82 Å². The molecule has 1 fully saturated rings. The van der Waals surface area contributed by atoms with Gasteiger partial charge in [0.15, 0.2) is 0 Å². The molecule has 1 aliphatic heterocycles. The number of amides is 1. The lowest BCUT2D eigenvalue weighted by Gasteiger charge is -2.21. The minimum Gasteiger partial charge on any atom is -0.489 e. The molecule has 7 heteroatoms. The van der Waals surface area contributed by atoms with Crippen molar-refractivity contribution in [3.63, 3.8) is 0 Å². The maximum atomic E-state index is 13.5. The maximum absolute atomic E-state index is 13.5. The van der Waals surface area contributed by atoms with E-state index in [-0.39, 0.29) is 30.9 Å². The van der Waals surface area contributed by atoms with Crippen LogP contribution >= 0.6 is 0 Å². The van der Waals surface area contributed by atoms with Crippen LogP contribution in [0.5, 0.6) is 5.75 Å². The summed E-state index contributed by atoms with van der Waals surface area (Å²) in [6.45, 7) is 4.39. The Hall–Kier alpha value is -2.27. The Morgan fingerprint density at radius 2 is 2.33 bits per heavy atom. The first-order valence-electron chi connectivity index (χ1n) is 6.78. The lowest BCUT2D eigenvalue weighted by Crippen LogP contribution is -2.26. The summed E-state index contributed by atoms with van der Waals surface area (Å²) in [6.07, 6.45) is 0.210. The second kappa shape index (κ2) is 6.45. The number of nitrogens with zero attached hydrogens (tertiary/aromatic N) is 4. The van der Waals surface area contributed by atoms with Crippen LogP contribution in [0.25, 0.3) is 10.4 Å². The van der Waals surface area contributed by atoms with Gasteiger partial charge in [-0.3, -0.25) is 4.79 Å². The first kappa shape index (κ1) is 15.1. The van der Waals surface area contributed by atoms with Crippen molar-refractivity contribution in [2.24, 2.45) is 11.0 Å². The largest absolute Gasteiger partial charge is 0.489 e. The molecule has 1 unspecified atom stereocenters. The fraction of sp³-hybridized carbons (Fsp3) is 0.500. The summed E-state index contributed by atoms with van der Waals surface area (Å²) in [5.74, 6) is -0.118. The molecule has 1 aromatic carbocycles. The molecule has 2 rings (SSSR count). The zero-order valence-corrected chi connectivity index (χ0v) is 12.0. The summed E-state index contributed by atoms with van der Waals surface area (Å²) in [5.41, 5.74) is 8.77. The molecule has 1 heterocycles. The van der Waals surface area contributed by atoms with E-state index in [9.17, 15) is 9.18 Å². The van der Waals surface area contributed by atoms with Gasteiger partial charge in [0, 0.05) is 30.5 Å². The van der Waals surface area contributed by atoms with Crippen LogP contribution in [0.1, 0.15) is 20.3 Å². The third-order valence-corrected chi connectivity index (χ3v) is 3.18. The van der Waals surface area contributed by atoms with Crippen LogP contribution in [0.3, 0.4) is 0 Å². The van der Waals surface area contributed by atoms with Crippen molar-refractivity contribution < 1.29 is 13.9 Å². The van der Waals surface area contributed by atoms with E-state index in [2.05, 4.69) is 10.0 Å². The van der Waals surface area contributed by atoms with Gasteiger partial charge in [-0.25, -0.2) is 4.39 Å². The van der Waals surface area contributed by atoms with Gasteiger partial charge in [-0.15, -0.1) is 0 Å². The van der Waals surface area contributed by atoms with E-state index in [1.165, 1.54) is 23.1 Å². The molecule has 0 aromatic heterocycles. The third-order valence-electron chi connectivity index (χ3n) is 3.18. The van der Waals surface area contributed by atoms with Crippen LogP contribution in [0, 0.1) is 11.7 Å². The summed E-state index contributed by atoms with van der Waals surface area (Å²) in [7, 11) is 0. The number of rotatable bonds is 5. The number of ether oxygens (including phenoxy) is 1. The summed E-state index contributed by atoms with van der Waals surface area (Å²) in [6, 6.07) is 4.13. The van der Waals surface area contributed by atoms with Crippen LogP contribution in [0.15, 0.2) is 23.3 Å². The van der Waals surface area contributed by atoms with Gasteiger partial charge < -0.3 is 9.64 Å². The van der Waals surface area contributed by atoms with Gasteiger partial charge in [0.25, 0.3) is 0 Å². The average Bonchev–Trinajstić information content (AvgIpc) is 2.79. The number of carbonyl (C=O) groups is 1. The van der Waals surface area contributed by atoms with E-state index in [0.717, 1.165) is 0 Å². The van der Waals surface area contributed by atoms with Crippen molar-refractivity contribution >= 4 is 11.6 Å². The first-order valence-corrected chi connectivity index (χ1v) is 6.78.